The first kappa shape index (κ1) is 11.0. The lowest BCUT2D eigenvalue weighted by atomic mass is 10.4. The van der Waals surface area contributed by atoms with Crippen LogP contribution in [0.15, 0.2) is 18.5 Å². The summed E-state index contributed by atoms with van der Waals surface area (Å²) in [5.74, 6) is 0.883. The van der Waals surface area contributed by atoms with Gasteiger partial charge in [-0.15, -0.1) is 0 Å². The molecule has 0 radical (unpaired) electrons. The number of nitrogens with one attached hydrogen (secondary N) is 2. The molecule has 0 aliphatic heterocycles. The molecule has 0 atom stereocenters. The highest BCUT2D eigenvalue weighted by Gasteiger charge is 2.22. The van der Waals surface area contributed by atoms with Gasteiger partial charge in [-0.3, -0.25) is 4.79 Å². The number of carbonyl (C=O) groups excluding carboxylic acids is 1. The Morgan fingerprint density at radius 1 is 1.38 bits per heavy atom. The van der Waals surface area contributed by atoms with E-state index < -0.39 is 0 Å². The standard InChI is InChI=1S/C11H16N4O/c16-11(15-9-2-3-9)4-7-12-8-10-13-5-1-6-14-10/h1,5-6,9,12H,2-4,7-8H2,(H,15,16). The molecule has 0 spiro atoms. The second-order valence-corrected chi connectivity index (χ2v) is 3.93. The highest BCUT2D eigenvalue weighted by Crippen LogP contribution is 2.18. The molecule has 2 rings (SSSR count). The van der Waals surface area contributed by atoms with Crippen molar-refractivity contribution < 1.29 is 4.79 Å². The maximum Gasteiger partial charge on any atom is 0.221 e. The second-order valence-electron chi connectivity index (χ2n) is 3.93. The number of hydrogen-bond donors (Lipinski definition) is 2. The van der Waals surface area contributed by atoms with Gasteiger partial charge in [-0.2, -0.15) is 0 Å². The Kier molecular flexibility index (Phi) is 3.82. The van der Waals surface area contributed by atoms with Crippen LogP contribution in [0.2, 0.25) is 0 Å². The summed E-state index contributed by atoms with van der Waals surface area (Å²) < 4.78 is 0. The maximum atomic E-state index is 11.3. The molecule has 86 valence electrons. The Hall–Kier alpha value is -1.49. The van der Waals surface area contributed by atoms with Crippen molar-refractivity contribution >= 4 is 5.91 Å². The van der Waals surface area contributed by atoms with Crippen molar-refractivity contribution in [1.82, 2.24) is 20.6 Å². The molecule has 1 aromatic rings. The van der Waals surface area contributed by atoms with Crippen molar-refractivity contribution in [2.45, 2.75) is 31.8 Å². The van der Waals surface area contributed by atoms with E-state index in [-0.39, 0.29) is 5.91 Å². The number of carbonyl (C=O) groups is 1. The van der Waals surface area contributed by atoms with E-state index in [9.17, 15) is 4.79 Å². The summed E-state index contributed by atoms with van der Waals surface area (Å²) in [6.45, 7) is 1.27. The molecule has 0 aromatic carbocycles. The van der Waals surface area contributed by atoms with E-state index in [2.05, 4.69) is 20.6 Å². The normalized spacial score (nSPS) is 14.8. The van der Waals surface area contributed by atoms with E-state index in [0.29, 0.717) is 25.6 Å². The highest BCUT2D eigenvalue weighted by atomic mass is 16.1. The molecule has 5 nitrogen and oxygen atoms in total. The van der Waals surface area contributed by atoms with Gasteiger partial charge < -0.3 is 10.6 Å². The van der Waals surface area contributed by atoms with Crippen LogP contribution in [0.25, 0.3) is 0 Å². The minimum atomic E-state index is 0.129. The van der Waals surface area contributed by atoms with E-state index >= 15 is 0 Å². The average molecular weight is 220 g/mol. The van der Waals surface area contributed by atoms with E-state index in [0.717, 1.165) is 18.7 Å². The van der Waals surface area contributed by atoms with Crippen LogP contribution in [0.5, 0.6) is 0 Å². The first-order valence-electron chi connectivity index (χ1n) is 5.60. The number of nitrogens with zero attached hydrogens (tertiary/aromatic N) is 2. The summed E-state index contributed by atoms with van der Waals surface area (Å²) in [5.41, 5.74) is 0. The number of hydrogen-bond acceptors (Lipinski definition) is 4. The Labute approximate surface area is 94.7 Å². The predicted molar refractivity (Wildman–Crippen MR) is 59.5 cm³/mol. The first-order chi connectivity index (χ1) is 7.84. The van der Waals surface area contributed by atoms with Crippen LogP contribution in [0, 0.1) is 0 Å². The summed E-state index contributed by atoms with van der Waals surface area (Å²) in [6.07, 6.45) is 6.21. The largest absolute Gasteiger partial charge is 0.353 e. The van der Waals surface area contributed by atoms with Crippen LogP contribution in [0.1, 0.15) is 25.1 Å². The minimum Gasteiger partial charge on any atom is -0.353 e. The third-order valence-corrected chi connectivity index (χ3v) is 2.37. The van der Waals surface area contributed by atoms with Crippen LogP contribution in [-0.4, -0.2) is 28.5 Å². The molecule has 1 heterocycles. The van der Waals surface area contributed by atoms with Crippen molar-refractivity contribution in [3.63, 3.8) is 0 Å². The summed E-state index contributed by atoms with van der Waals surface area (Å²) >= 11 is 0. The fourth-order valence-corrected chi connectivity index (χ4v) is 1.35. The number of rotatable bonds is 6. The zero-order valence-electron chi connectivity index (χ0n) is 9.15. The molecular weight excluding hydrogens is 204 g/mol. The van der Waals surface area contributed by atoms with Gasteiger partial charge in [0.15, 0.2) is 0 Å². The van der Waals surface area contributed by atoms with Gasteiger partial charge in [-0.25, -0.2) is 9.97 Å². The molecule has 1 aliphatic carbocycles. The molecule has 1 fully saturated rings. The van der Waals surface area contributed by atoms with Gasteiger partial charge >= 0.3 is 0 Å². The quantitative estimate of drug-likeness (QED) is 0.674. The lowest BCUT2D eigenvalue weighted by Crippen LogP contribution is -2.29. The second kappa shape index (κ2) is 5.55. The lowest BCUT2D eigenvalue weighted by Gasteiger charge is -2.04. The molecular formula is C11H16N4O. The molecule has 5 heteroatoms. The smallest absolute Gasteiger partial charge is 0.221 e. The van der Waals surface area contributed by atoms with Crippen LogP contribution in [0.4, 0.5) is 0 Å². The predicted octanol–water partition coefficient (Wildman–Crippen LogP) is 0.235. The van der Waals surface area contributed by atoms with E-state index in [4.69, 9.17) is 0 Å². The van der Waals surface area contributed by atoms with Crippen molar-refractivity contribution in [2.75, 3.05) is 6.54 Å². The van der Waals surface area contributed by atoms with E-state index in [1.54, 1.807) is 18.5 Å². The van der Waals surface area contributed by atoms with E-state index in [1.807, 2.05) is 0 Å². The third kappa shape index (κ3) is 3.94. The van der Waals surface area contributed by atoms with Gasteiger partial charge in [0.2, 0.25) is 5.91 Å². The molecule has 1 saturated carbocycles. The topological polar surface area (TPSA) is 66.9 Å². The summed E-state index contributed by atoms with van der Waals surface area (Å²) in [6, 6.07) is 2.23. The Morgan fingerprint density at radius 2 is 2.12 bits per heavy atom. The molecule has 16 heavy (non-hydrogen) atoms. The zero-order valence-corrected chi connectivity index (χ0v) is 9.15. The zero-order chi connectivity index (χ0) is 11.2. The molecule has 1 aromatic heterocycles. The van der Waals surface area contributed by atoms with E-state index in [1.165, 1.54) is 0 Å². The van der Waals surface area contributed by atoms with Crippen molar-refractivity contribution in [3.8, 4) is 0 Å². The minimum absolute atomic E-state index is 0.129. The van der Waals surface area contributed by atoms with Crippen molar-refractivity contribution in [2.24, 2.45) is 0 Å². The van der Waals surface area contributed by atoms with Gasteiger partial charge in [-0.1, -0.05) is 0 Å². The molecule has 1 amide bonds. The average Bonchev–Trinajstić information content (AvgIpc) is 3.10. The van der Waals surface area contributed by atoms with Gasteiger partial charge in [0.1, 0.15) is 5.82 Å². The fraction of sp³-hybridized carbons (Fsp3) is 0.545. The molecule has 1 aliphatic rings. The van der Waals surface area contributed by atoms with Crippen molar-refractivity contribution in [3.05, 3.63) is 24.3 Å². The first-order valence-corrected chi connectivity index (χ1v) is 5.60. The van der Waals surface area contributed by atoms with Crippen molar-refractivity contribution in [1.29, 1.82) is 0 Å². The fourth-order valence-electron chi connectivity index (χ4n) is 1.35. The van der Waals surface area contributed by atoms with Gasteiger partial charge in [-0.05, 0) is 18.9 Å². The Bertz CT molecular complexity index is 337. The van der Waals surface area contributed by atoms with Crippen LogP contribution < -0.4 is 10.6 Å². The van der Waals surface area contributed by atoms with Gasteiger partial charge in [0.25, 0.3) is 0 Å². The Morgan fingerprint density at radius 3 is 2.81 bits per heavy atom. The molecule has 0 unspecified atom stereocenters. The monoisotopic (exact) mass is 220 g/mol. The van der Waals surface area contributed by atoms with Crippen LogP contribution >= 0.6 is 0 Å². The van der Waals surface area contributed by atoms with Gasteiger partial charge in [0, 0.05) is 31.4 Å². The third-order valence-electron chi connectivity index (χ3n) is 2.37. The Balaban J connectivity index is 1.56. The summed E-state index contributed by atoms with van der Waals surface area (Å²) in [7, 11) is 0. The summed E-state index contributed by atoms with van der Waals surface area (Å²) in [5, 5.41) is 6.08. The summed E-state index contributed by atoms with van der Waals surface area (Å²) in [4.78, 5) is 19.5. The molecule has 0 saturated heterocycles. The highest BCUT2D eigenvalue weighted by molar-refractivity contribution is 5.76. The van der Waals surface area contributed by atoms with Gasteiger partial charge in [0.05, 0.1) is 6.54 Å². The van der Waals surface area contributed by atoms with Crippen LogP contribution in [-0.2, 0) is 11.3 Å². The SMILES string of the molecule is O=C(CCNCc1ncccn1)NC1CC1. The lowest BCUT2D eigenvalue weighted by molar-refractivity contribution is -0.121. The molecule has 0 bridgehead atoms. The number of amides is 1. The molecule has 2 N–H and O–H groups in total. The maximum absolute atomic E-state index is 11.3. The van der Waals surface area contributed by atoms with Crippen LogP contribution in [0.3, 0.4) is 0 Å². The number of aromatic nitrogens is 2.